The summed E-state index contributed by atoms with van der Waals surface area (Å²) in [5.41, 5.74) is 2.67. The first-order valence-electron chi connectivity index (χ1n) is 10.1. The molecule has 0 amide bonds. The van der Waals surface area contributed by atoms with Crippen molar-refractivity contribution < 1.29 is 29.3 Å². The second-order valence-corrected chi connectivity index (χ2v) is 7.74. The number of carboxylic acid groups (broad SMARTS) is 2. The van der Waals surface area contributed by atoms with Crippen LogP contribution in [0.4, 0.5) is 0 Å². The number of benzene rings is 2. The van der Waals surface area contributed by atoms with Gasteiger partial charge in [0.15, 0.2) is 11.5 Å². The van der Waals surface area contributed by atoms with E-state index in [1.807, 2.05) is 18.2 Å². The van der Waals surface area contributed by atoms with Gasteiger partial charge in [0.2, 0.25) is 0 Å². The summed E-state index contributed by atoms with van der Waals surface area (Å²) in [6.45, 7) is 3.18. The highest BCUT2D eigenvalue weighted by Gasteiger charge is 2.21. The second kappa shape index (κ2) is 12.7. The van der Waals surface area contributed by atoms with E-state index in [4.69, 9.17) is 31.3 Å². The quantitative estimate of drug-likeness (QED) is 0.588. The normalized spacial score (nSPS) is 14.5. The molecule has 1 heterocycles. The molecule has 1 aliphatic rings. The van der Waals surface area contributed by atoms with Gasteiger partial charge in [-0.05, 0) is 67.2 Å². The number of aliphatic carboxylic acids is 2. The average molecular weight is 462 g/mol. The first kappa shape index (κ1) is 25.2. The number of ether oxygens (including phenoxy) is 2. The van der Waals surface area contributed by atoms with Crippen LogP contribution in [0.15, 0.2) is 54.6 Å². The van der Waals surface area contributed by atoms with Crippen LogP contribution in [0.25, 0.3) is 0 Å². The lowest BCUT2D eigenvalue weighted by atomic mass is 9.89. The van der Waals surface area contributed by atoms with E-state index in [0.717, 1.165) is 36.2 Å². The van der Waals surface area contributed by atoms with Crippen LogP contribution in [0.2, 0.25) is 5.02 Å². The van der Waals surface area contributed by atoms with Crippen molar-refractivity contribution in [3.63, 3.8) is 0 Å². The van der Waals surface area contributed by atoms with Gasteiger partial charge in [-0.25, -0.2) is 9.59 Å². The second-order valence-electron chi connectivity index (χ2n) is 7.30. The molecule has 3 rings (SSSR count). The van der Waals surface area contributed by atoms with Gasteiger partial charge in [0.25, 0.3) is 0 Å². The van der Waals surface area contributed by atoms with Crippen molar-refractivity contribution >= 4 is 23.5 Å². The van der Waals surface area contributed by atoms with Crippen LogP contribution >= 0.6 is 11.6 Å². The fourth-order valence-corrected chi connectivity index (χ4v) is 3.67. The van der Waals surface area contributed by atoms with Gasteiger partial charge in [-0.3, -0.25) is 4.90 Å². The molecule has 1 aliphatic heterocycles. The Kier molecular flexibility index (Phi) is 10.0. The molecule has 0 unspecified atom stereocenters. The highest BCUT2D eigenvalue weighted by molar-refractivity contribution is 6.30. The number of rotatable bonds is 7. The highest BCUT2D eigenvalue weighted by atomic mass is 35.5. The van der Waals surface area contributed by atoms with E-state index in [2.05, 4.69) is 29.2 Å². The van der Waals surface area contributed by atoms with Gasteiger partial charge in [0, 0.05) is 23.7 Å². The monoisotopic (exact) mass is 461 g/mol. The number of likely N-dealkylation sites (tertiary alicyclic amines) is 1. The van der Waals surface area contributed by atoms with E-state index in [-0.39, 0.29) is 0 Å². The number of hydrogen-bond acceptors (Lipinski definition) is 5. The predicted molar refractivity (Wildman–Crippen MR) is 123 cm³/mol. The third-order valence-corrected chi connectivity index (χ3v) is 5.40. The molecular weight excluding hydrogens is 434 g/mol. The molecule has 2 aromatic rings. The van der Waals surface area contributed by atoms with Crippen LogP contribution in [0.5, 0.6) is 11.5 Å². The Balaban J connectivity index is 0.000000390. The van der Waals surface area contributed by atoms with E-state index in [1.165, 1.54) is 24.0 Å². The minimum absolute atomic E-state index is 0.558. The van der Waals surface area contributed by atoms with Crippen LogP contribution in [0.3, 0.4) is 0 Å². The number of halogens is 1. The van der Waals surface area contributed by atoms with E-state index in [0.29, 0.717) is 18.1 Å². The Bertz CT molecular complexity index is 905. The average Bonchev–Trinajstić information content (AvgIpc) is 2.79. The van der Waals surface area contributed by atoms with E-state index < -0.39 is 11.9 Å². The third-order valence-electron chi connectivity index (χ3n) is 5.15. The lowest BCUT2D eigenvalue weighted by Crippen LogP contribution is -2.32. The predicted octanol–water partition coefficient (Wildman–Crippen LogP) is 4.45. The molecule has 2 N–H and O–H groups in total. The summed E-state index contributed by atoms with van der Waals surface area (Å²) < 4.78 is 10.7. The van der Waals surface area contributed by atoms with Crippen LogP contribution < -0.4 is 9.47 Å². The molecule has 0 atom stereocenters. The fraction of sp³-hybridized carbons (Fsp3) is 0.333. The maximum absolute atomic E-state index is 9.55. The molecule has 32 heavy (non-hydrogen) atoms. The van der Waals surface area contributed by atoms with Crippen molar-refractivity contribution in [2.45, 2.75) is 25.3 Å². The smallest absolute Gasteiger partial charge is 0.328 e. The van der Waals surface area contributed by atoms with Crippen LogP contribution in [-0.2, 0) is 16.1 Å². The molecule has 1 fully saturated rings. The molecule has 0 radical (unpaired) electrons. The molecule has 0 saturated carbocycles. The minimum atomic E-state index is -1.26. The molecule has 0 spiro atoms. The molecule has 8 heteroatoms. The summed E-state index contributed by atoms with van der Waals surface area (Å²) in [7, 11) is 3.35. The van der Waals surface area contributed by atoms with Crippen LogP contribution in [-0.4, -0.2) is 54.4 Å². The molecule has 2 aromatic carbocycles. The van der Waals surface area contributed by atoms with Gasteiger partial charge in [-0.1, -0.05) is 29.8 Å². The molecular formula is C24H28ClNO6. The number of piperidine rings is 1. The molecule has 0 aliphatic carbocycles. The Hall–Kier alpha value is -3.03. The van der Waals surface area contributed by atoms with Crippen molar-refractivity contribution in [2.24, 2.45) is 0 Å². The molecule has 1 saturated heterocycles. The van der Waals surface area contributed by atoms with Gasteiger partial charge in [0.1, 0.15) is 0 Å². The largest absolute Gasteiger partial charge is 0.493 e. The van der Waals surface area contributed by atoms with E-state index >= 15 is 0 Å². The Labute approximate surface area is 192 Å². The zero-order chi connectivity index (χ0) is 23.5. The maximum atomic E-state index is 9.55. The Morgan fingerprint density at radius 1 is 0.969 bits per heavy atom. The van der Waals surface area contributed by atoms with Crippen molar-refractivity contribution in [3.8, 4) is 11.5 Å². The summed E-state index contributed by atoms with van der Waals surface area (Å²) in [6, 6.07) is 14.5. The zero-order valence-corrected chi connectivity index (χ0v) is 18.9. The molecule has 0 aromatic heterocycles. The lowest BCUT2D eigenvalue weighted by molar-refractivity contribution is -0.134. The first-order valence-corrected chi connectivity index (χ1v) is 10.5. The molecule has 0 bridgehead atoms. The number of hydrogen-bond donors (Lipinski definition) is 2. The maximum Gasteiger partial charge on any atom is 0.328 e. The molecule has 7 nitrogen and oxygen atoms in total. The number of carboxylic acids is 2. The topological polar surface area (TPSA) is 96.3 Å². The summed E-state index contributed by atoms with van der Waals surface area (Å²) in [5, 5.41) is 16.4. The standard InChI is InChI=1S/C20H24ClNO2.C4H4O4/c1-23-19-8-3-15(13-20(19)24-2)14-22-11-9-17(10-12-22)16-4-6-18(21)7-5-16;5-3(6)1-2-4(7)8/h3-8,13,17H,9-12,14H2,1-2H3;1-2H,(H,5,6)(H,7,8)/b;2-1+. The van der Waals surface area contributed by atoms with E-state index in [9.17, 15) is 9.59 Å². The Morgan fingerprint density at radius 2 is 1.53 bits per heavy atom. The van der Waals surface area contributed by atoms with Gasteiger partial charge < -0.3 is 19.7 Å². The summed E-state index contributed by atoms with van der Waals surface area (Å²) in [4.78, 5) is 21.6. The van der Waals surface area contributed by atoms with Gasteiger partial charge in [-0.2, -0.15) is 0 Å². The van der Waals surface area contributed by atoms with E-state index in [1.54, 1.807) is 14.2 Å². The number of nitrogens with zero attached hydrogens (tertiary/aromatic N) is 1. The van der Waals surface area contributed by atoms with Gasteiger partial charge in [-0.15, -0.1) is 0 Å². The first-order chi connectivity index (χ1) is 15.3. The van der Waals surface area contributed by atoms with Crippen molar-refractivity contribution in [1.82, 2.24) is 4.90 Å². The van der Waals surface area contributed by atoms with Crippen molar-refractivity contribution in [1.29, 1.82) is 0 Å². The zero-order valence-electron chi connectivity index (χ0n) is 18.2. The summed E-state index contributed by atoms with van der Waals surface area (Å²) in [5.74, 6) is -0.294. The highest BCUT2D eigenvalue weighted by Crippen LogP contribution is 2.31. The lowest BCUT2D eigenvalue weighted by Gasteiger charge is -2.32. The number of carbonyl (C=O) groups is 2. The SMILES string of the molecule is COc1ccc(CN2CCC(c3ccc(Cl)cc3)CC2)cc1OC.O=C(O)/C=C/C(=O)O. The third kappa shape index (κ3) is 8.24. The Morgan fingerprint density at radius 3 is 2.03 bits per heavy atom. The van der Waals surface area contributed by atoms with Gasteiger partial charge in [0.05, 0.1) is 14.2 Å². The van der Waals surface area contributed by atoms with Crippen molar-refractivity contribution in [2.75, 3.05) is 27.3 Å². The minimum Gasteiger partial charge on any atom is -0.493 e. The fourth-order valence-electron chi connectivity index (χ4n) is 3.54. The summed E-state index contributed by atoms with van der Waals surface area (Å²) >= 11 is 5.98. The van der Waals surface area contributed by atoms with Crippen molar-refractivity contribution in [3.05, 3.63) is 70.8 Å². The number of methoxy groups -OCH3 is 2. The molecule has 172 valence electrons. The van der Waals surface area contributed by atoms with Gasteiger partial charge >= 0.3 is 11.9 Å². The van der Waals surface area contributed by atoms with Crippen LogP contribution in [0, 0.1) is 0 Å². The van der Waals surface area contributed by atoms with Crippen LogP contribution in [0.1, 0.15) is 29.9 Å². The summed E-state index contributed by atoms with van der Waals surface area (Å²) in [6.07, 6.45) is 3.49.